The van der Waals surface area contributed by atoms with Crippen LogP contribution < -0.4 is 5.56 Å². The summed E-state index contributed by atoms with van der Waals surface area (Å²) in [7, 11) is 0. The molecule has 0 unspecified atom stereocenters. The summed E-state index contributed by atoms with van der Waals surface area (Å²) in [4.78, 5) is 14.2. The van der Waals surface area contributed by atoms with Gasteiger partial charge in [0.25, 0.3) is 5.56 Å². The molecule has 0 bridgehead atoms. The topological polar surface area (TPSA) is 58.6 Å². The lowest BCUT2D eigenvalue weighted by atomic mass is 10.0. The van der Waals surface area contributed by atoms with Gasteiger partial charge in [-0.05, 0) is 44.4 Å². The molecule has 0 aliphatic heterocycles. The monoisotopic (exact) mass is 275 g/mol. The molecule has 0 spiro atoms. The van der Waals surface area contributed by atoms with Crippen molar-refractivity contribution in [3.63, 3.8) is 0 Å². The SMILES string of the molecule is Cc1cc(C)c(CSc2nnc(C)c(=O)[nH]2)c(C)c1. The molecule has 0 aliphatic rings. The molecule has 2 aromatic rings. The zero-order chi connectivity index (χ0) is 14.0. The number of hydrogen-bond donors (Lipinski definition) is 1. The Morgan fingerprint density at radius 2 is 1.74 bits per heavy atom. The number of nitrogens with zero attached hydrogens (tertiary/aromatic N) is 2. The smallest absolute Gasteiger partial charge is 0.273 e. The molecule has 19 heavy (non-hydrogen) atoms. The lowest BCUT2D eigenvalue weighted by molar-refractivity contribution is 0.789. The Bertz CT molecular complexity index is 641. The predicted molar refractivity (Wildman–Crippen MR) is 77.6 cm³/mol. The number of hydrogen-bond acceptors (Lipinski definition) is 4. The number of aromatic nitrogens is 3. The molecule has 1 heterocycles. The Labute approximate surface area is 116 Å². The molecular weight excluding hydrogens is 258 g/mol. The average molecular weight is 275 g/mol. The molecule has 4 nitrogen and oxygen atoms in total. The van der Waals surface area contributed by atoms with E-state index in [0.717, 1.165) is 5.75 Å². The molecule has 0 aliphatic carbocycles. The zero-order valence-electron chi connectivity index (χ0n) is 11.6. The first-order valence-electron chi connectivity index (χ1n) is 6.10. The van der Waals surface area contributed by atoms with Gasteiger partial charge in [-0.1, -0.05) is 29.5 Å². The van der Waals surface area contributed by atoms with E-state index in [2.05, 4.69) is 48.1 Å². The molecular formula is C14H17N3OS. The quantitative estimate of drug-likeness (QED) is 0.875. The van der Waals surface area contributed by atoms with Crippen molar-refractivity contribution in [2.75, 3.05) is 0 Å². The van der Waals surface area contributed by atoms with Gasteiger partial charge < -0.3 is 0 Å². The summed E-state index contributed by atoms with van der Waals surface area (Å²) in [5.41, 5.74) is 5.33. The maximum Gasteiger partial charge on any atom is 0.273 e. The summed E-state index contributed by atoms with van der Waals surface area (Å²) >= 11 is 1.50. The Morgan fingerprint density at radius 3 is 2.32 bits per heavy atom. The van der Waals surface area contributed by atoms with Crippen LogP contribution in [-0.4, -0.2) is 15.2 Å². The number of H-pyrrole nitrogens is 1. The van der Waals surface area contributed by atoms with Gasteiger partial charge in [0.15, 0.2) is 5.16 Å². The van der Waals surface area contributed by atoms with Gasteiger partial charge >= 0.3 is 0 Å². The fourth-order valence-electron chi connectivity index (χ4n) is 2.02. The summed E-state index contributed by atoms with van der Waals surface area (Å²) in [5.74, 6) is 0.783. The molecule has 100 valence electrons. The number of benzene rings is 1. The van der Waals surface area contributed by atoms with Gasteiger partial charge in [-0.15, -0.1) is 10.2 Å². The second-order valence-electron chi connectivity index (χ2n) is 4.71. The largest absolute Gasteiger partial charge is 0.298 e. The van der Waals surface area contributed by atoms with Gasteiger partial charge in [-0.25, -0.2) is 0 Å². The second kappa shape index (κ2) is 5.57. The Morgan fingerprint density at radius 1 is 1.11 bits per heavy atom. The molecule has 5 heteroatoms. The maximum absolute atomic E-state index is 11.5. The standard InChI is InChI=1S/C14H17N3OS/c1-8-5-9(2)12(10(3)6-8)7-19-14-15-13(18)11(4)16-17-14/h5-6H,7H2,1-4H3,(H,15,17,18). The van der Waals surface area contributed by atoms with Crippen molar-refractivity contribution in [1.82, 2.24) is 15.2 Å². The zero-order valence-corrected chi connectivity index (χ0v) is 12.4. The number of aryl methyl sites for hydroxylation is 4. The van der Waals surface area contributed by atoms with Crippen molar-refractivity contribution < 1.29 is 0 Å². The van der Waals surface area contributed by atoms with Crippen LogP contribution in [0.5, 0.6) is 0 Å². The molecule has 0 atom stereocenters. The van der Waals surface area contributed by atoms with Crippen LogP contribution in [0.1, 0.15) is 27.9 Å². The third kappa shape index (κ3) is 3.23. The minimum Gasteiger partial charge on any atom is -0.298 e. The van der Waals surface area contributed by atoms with Crippen LogP contribution >= 0.6 is 11.8 Å². The van der Waals surface area contributed by atoms with Crippen molar-refractivity contribution in [2.45, 2.75) is 38.6 Å². The highest BCUT2D eigenvalue weighted by Gasteiger charge is 2.07. The minimum atomic E-state index is -0.171. The fourth-order valence-corrected chi connectivity index (χ4v) is 3.02. The van der Waals surface area contributed by atoms with Gasteiger partial charge in [0, 0.05) is 5.75 Å². The van der Waals surface area contributed by atoms with Crippen LogP contribution in [0.15, 0.2) is 22.1 Å². The number of nitrogens with one attached hydrogen (secondary N) is 1. The molecule has 1 aromatic carbocycles. The molecule has 1 N–H and O–H groups in total. The van der Waals surface area contributed by atoms with E-state index in [1.54, 1.807) is 6.92 Å². The predicted octanol–water partition coefficient (Wildman–Crippen LogP) is 2.69. The second-order valence-corrected chi connectivity index (χ2v) is 5.67. The first-order valence-corrected chi connectivity index (χ1v) is 7.09. The third-order valence-corrected chi connectivity index (χ3v) is 3.92. The lowest BCUT2D eigenvalue weighted by Crippen LogP contribution is -2.14. The van der Waals surface area contributed by atoms with Crippen LogP contribution in [0, 0.1) is 27.7 Å². The molecule has 0 saturated carbocycles. The van der Waals surface area contributed by atoms with E-state index in [0.29, 0.717) is 10.9 Å². The van der Waals surface area contributed by atoms with Crippen LogP contribution in [0.3, 0.4) is 0 Å². The summed E-state index contributed by atoms with van der Waals surface area (Å²) < 4.78 is 0. The van der Waals surface area contributed by atoms with Gasteiger partial charge in [-0.3, -0.25) is 9.78 Å². The van der Waals surface area contributed by atoms with E-state index >= 15 is 0 Å². The Balaban J connectivity index is 2.19. The van der Waals surface area contributed by atoms with Crippen LogP contribution in [0.4, 0.5) is 0 Å². The van der Waals surface area contributed by atoms with Gasteiger partial charge in [0.1, 0.15) is 5.69 Å². The molecule has 0 radical (unpaired) electrons. The van der Waals surface area contributed by atoms with E-state index in [9.17, 15) is 4.79 Å². The minimum absolute atomic E-state index is 0.171. The highest BCUT2D eigenvalue weighted by atomic mass is 32.2. The Hall–Kier alpha value is -1.62. The average Bonchev–Trinajstić information content (AvgIpc) is 2.32. The number of rotatable bonds is 3. The third-order valence-electron chi connectivity index (χ3n) is 3.03. The number of aromatic amines is 1. The Kier molecular flexibility index (Phi) is 4.04. The maximum atomic E-state index is 11.5. The van der Waals surface area contributed by atoms with E-state index in [4.69, 9.17) is 0 Å². The molecule has 0 fully saturated rings. The van der Waals surface area contributed by atoms with E-state index in [1.807, 2.05) is 0 Å². The van der Waals surface area contributed by atoms with Crippen molar-refractivity contribution in [3.8, 4) is 0 Å². The van der Waals surface area contributed by atoms with Crippen LogP contribution in [0.2, 0.25) is 0 Å². The summed E-state index contributed by atoms with van der Waals surface area (Å²) in [5, 5.41) is 8.39. The first-order chi connectivity index (χ1) is 8.97. The van der Waals surface area contributed by atoms with Gasteiger partial charge in [0.05, 0.1) is 0 Å². The normalized spacial score (nSPS) is 10.7. The van der Waals surface area contributed by atoms with Crippen LogP contribution in [-0.2, 0) is 5.75 Å². The summed E-state index contributed by atoms with van der Waals surface area (Å²) in [6.07, 6.45) is 0. The van der Waals surface area contributed by atoms with Gasteiger partial charge in [0.2, 0.25) is 0 Å². The highest BCUT2D eigenvalue weighted by molar-refractivity contribution is 7.98. The van der Waals surface area contributed by atoms with Gasteiger partial charge in [-0.2, -0.15) is 0 Å². The van der Waals surface area contributed by atoms with E-state index in [-0.39, 0.29) is 5.56 Å². The van der Waals surface area contributed by atoms with Crippen molar-refractivity contribution in [1.29, 1.82) is 0 Å². The van der Waals surface area contributed by atoms with E-state index < -0.39 is 0 Å². The molecule has 0 amide bonds. The molecule has 1 aromatic heterocycles. The van der Waals surface area contributed by atoms with Crippen molar-refractivity contribution >= 4 is 11.8 Å². The fraction of sp³-hybridized carbons (Fsp3) is 0.357. The summed E-state index contributed by atoms with van der Waals surface area (Å²) in [6.45, 7) is 7.97. The van der Waals surface area contributed by atoms with Crippen molar-refractivity contribution in [3.05, 3.63) is 50.4 Å². The summed E-state index contributed by atoms with van der Waals surface area (Å²) in [6, 6.07) is 4.35. The van der Waals surface area contributed by atoms with Crippen LogP contribution in [0.25, 0.3) is 0 Å². The highest BCUT2D eigenvalue weighted by Crippen LogP contribution is 2.24. The lowest BCUT2D eigenvalue weighted by Gasteiger charge is -2.10. The molecule has 2 rings (SSSR count). The van der Waals surface area contributed by atoms with E-state index in [1.165, 1.54) is 34.0 Å². The molecule has 0 saturated heterocycles. The number of thioether (sulfide) groups is 1. The first kappa shape index (κ1) is 13.8. The van der Waals surface area contributed by atoms with Crippen molar-refractivity contribution in [2.24, 2.45) is 0 Å².